The minimum Gasteiger partial charge on any atom is -0.493 e. The summed E-state index contributed by atoms with van der Waals surface area (Å²) < 4.78 is 17.9. The van der Waals surface area contributed by atoms with E-state index >= 15 is 0 Å². The van der Waals surface area contributed by atoms with Gasteiger partial charge in [-0.05, 0) is 41.8 Å². The molecule has 1 aliphatic heterocycles. The quantitative estimate of drug-likeness (QED) is 0.508. The highest BCUT2D eigenvalue weighted by Gasteiger charge is 2.57. The third kappa shape index (κ3) is 3.52. The molecule has 9 nitrogen and oxygen atoms in total. The maximum absolute atomic E-state index is 13.6. The number of nitrogens with two attached hydrogens (primary N) is 1. The van der Waals surface area contributed by atoms with E-state index in [1.54, 1.807) is 28.8 Å². The molecule has 1 amide bonds. The summed E-state index contributed by atoms with van der Waals surface area (Å²) in [4.78, 5) is 43.0. The molecule has 3 unspecified atom stereocenters. The van der Waals surface area contributed by atoms with Crippen LogP contribution in [0.25, 0.3) is 6.08 Å². The highest BCUT2D eigenvalue weighted by Crippen LogP contribution is 2.53. The second-order valence-corrected chi connectivity index (χ2v) is 9.54. The molecule has 180 valence electrons. The third-order valence-electron chi connectivity index (χ3n) is 6.50. The van der Waals surface area contributed by atoms with Crippen molar-refractivity contribution in [3.8, 4) is 11.5 Å². The van der Waals surface area contributed by atoms with E-state index in [9.17, 15) is 14.4 Å². The number of carbonyl (C=O) groups excluding carboxylic acids is 2. The number of benzene rings is 2. The van der Waals surface area contributed by atoms with Crippen LogP contribution in [0.3, 0.4) is 0 Å². The van der Waals surface area contributed by atoms with Gasteiger partial charge in [0.05, 0.1) is 24.8 Å². The zero-order valence-corrected chi connectivity index (χ0v) is 20.1. The Morgan fingerprint density at radius 2 is 1.97 bits per heavy atom. The van der Waals surface area contributed by atoms with E-state index in [0.29, 0.717) is 26.4 Å². The van der Waals surface area contributed by atoms with Gasteiger partial charge in [0, 0.05) is 0 Å². The van der Waals surface area contributed by atoms with Crippen LogP contribution in [-0.4, -0.2) is 37.3 Å². The van der Waals surface area contributed by atoms with Crippen LogP contribution in [0.4, 0.5) is 0 Å². The summed E-state index contributed by atoms with van der Waals surface area (Å²) >= 11 is 1.27. The summed E-state index contributed by atoms with van der Waals surface area (Å²) in [6, 6.07) is 12.3. The van der Waals surface area contributed by atoms with E-state index in [1.165, 1.54) is 25.6 Å². The molecule has 0 radical (unpaired) electrons. The van der Waals surface area contributed by atoms with Gasteiger partial charge in [-0.25, -0.2) is 4.99 Å². The lowest BCUT2D eigenvalue weighted by Crippen LogP contribution is -2.47. The van der Waals surface area contributed by atoms with E-state index in [1.807, 2.05) is 31.2 Å². The largest absolute Gasteiger partial charge is 0.493 e. The number of amides is 1. The molecule has 10 heteroatoms. The Labute approximate surface area is 204 Å². The first-order valence-corrected chi connectivity index (χ1v) is 11.7. The summed E-state index contributed by atoms with van der Waals surface area (Å²) in [5, 5.41) is 0. The SMILES string of the molecule is COC(=O)C1C2c3ccccc3C1(C)N=c1s/c(=C\c3ccc(OCC(N)=O)c(OC)c3)c(=O)n12. The zero-order chi connectivity index (χ0) is 24.9. The molecule has 35 heavy (non-hydrogen) atoms. The number of ether oxygens (including phenoxy) is 3. The molecule has 1 aromatic heterocycles. The predicted octanol–water partition coefficient (Wildman–Crippen LogP) is 0.852. The van der Waals surface area contributed by atoms with E-state index in [-0.39, 0.29) is 12.2 Å². The molecule has 2 aliphatic rings. The van der Waals surface area contributed by atoms with Crippen molar-refractivity contribution >= 4 is 29.3 Å². The van der Waals surface area contributed by atoms with Crippen molar-refractivity contribution in [2.45, 2.75) is 18.5 Å². The number of primary amides is 1. The van der Waals surface area contributed by atoms with Crippen LogP contribution in [0.2, 0.25) is 0 Å². The van der Waals surface area contributed by atoms with Gasteiger partial charge in [0.15, 0.2) is 22.9 Å². The number of esters is 1. The second kappa shape index (κ2) is 8.38. The number of methoxy groups -OCH3 is 2. The molecule has 0 saturated heterocycles. The van der Waals surface area contributed by atoms with Crippen molar-refractivity contribution in [2.75, 3.05) is 20.8 Å². The van der Waals surface area contributed by atoms with Crippen LogP contribution < -0.4 is 30.1 Å². The van der Waals surface area contributed by atoms with Gasteiger partial charge in [-0.1, -0.05) is 41.7 Å². The number of hydrogen-bond donors (Lipinski definition) is 1. The summed E-state index contributed by atoms with van der Waals surface area (Å²) in [6.45, 7) is 1.64. The molecule has 1 aliphatic carbocycles. The Kier molecular flexibility index (Phi) is 5.47. The minimum absolute atomic E-state index is 0.237. The number of rotatable bonds is 6. The monoisotopic (exact) mass is 493 g/mol. The molecular formula is C25H23N3O6S. The predicted molar refractivity (Wildman–Crippen MR) is 128 cm³/mol. The lowest BCUT2D eigenvalue weighted by molar-refractivity contribution is -0.149. The van der Waals surface area contributed by atoms with Gasteiger partial charge < -0.3 is 19.9 Å². The molecule has 2 N–H and O–H groups in total. The van der Waals surface area contributed by atoms with E-state index < -0.39 is 29.4 Å². The molecule has 2 bridgehead atoms. The highest BCUT2D eigenvalue weighted by molar-refractivity contribution is 7.07. The van der Waals surface area contributed by atoms with Crippen LogP contribution in [0.5, 0.6) is 11.5 Å². The first-order valence-electron chi connectivity index (χ1n) is 10.9. The normalized spacial score (nSPS) is 22.1. The summed E-state index contributed by atoms with van der Waals surface area (Å²) in [5.41, 5.74) is 6.61. The first kappa shape index (κ1) is 22.9. The number of fused-ring (bicyclic) bond motifs is 7. The van der Waals surface area contributed by atoms with Crippen LogP contribution >= 0.6 is 11.3 Å². The Morgan fingerprint density at radius 3 is 2.69 bits per heavy atom. The van der Waals surface area contributed by atoms with E-state index in [2.05, 4.69) is 0 Å². The summed E-state index contributed by atoms with van der Waals surface area (Å²) in [6.07, 6.45) is 1.74. The van der Waals surface area contributed by atoms with Gasteiger partial charge >= 0.3 is 5.97 Å². The fourth-order valence-corrected chi connectivity index (χ4v) is 6.08. The fraction of sp³-hybridized carbons (Fsp3) is 0.280. The maximum atomic E-state index is 13.6. The average Bonchev–Trinajstić information content (AvgIpc) is 3.24. The zero-order valence-electron chi connectivity index (χ0n) is 19.3. The van der Waals surface area contributed by atoms with E-state index in [0.717, 1.165) is 11.1 Å². The van der Waals surface area contributed by atoms with Gasteiger partial charge in [0.25, 0.3) is 11.5 Å². The Balaban J connectivity index is 1.64. The lowest BCUT2D eigenvalue weighted by Gasteiger charge is -2.32. The van der Waals surface area contributed by atoms with Gasteiger partial charge in [-0.15, -0.1) is 0 Å². The number of hydrogen-bond acceptors (Lipinski definition) is 8. The maximum Gasteiger partial charge on any atom is 0.313 e. The van der Waals surface area contributed by atoms with Crippen molar-refractivity contribution in [3.05, 3.63) is 78.8 Å². The standard InChI is InChI=1S/C25H23N3O6S/c1-25-15-7-5-4-6-14(15)21(20(25)23(31)33-3)28-22(30)18(35-24(28)27-25)11-13-8-9-16(17(10-13)32-2)34-12-19(26)29/h4-11,20-21H,12H2,1-3H3,(H2,26,29)/b18-11-. The van der Waals surface area contributed by atoms with Crippen LogP contribution in [0.1, 0.15) is 29.7 Å². The van der Waals surface area contributed by atoms with Crippen molar-refractivity contribution in [2.24, 2.45) is 16.6 Å². The van der Waals surface area contributed by atoms with Crippen LogP contribution in [0.15, 0.2) is 52.3 Å². The molecule has 3 aromatic rings. The van der Waals surface area contributed by atoms with Crippen molar-refractivity contribution < 1.29 is 23.8 Å². The molecular weight excluding hydrogens is 470 g/mol. The smallest absolute Gasteiger partial charge is 0.313 e. The molecule has 0 saturated carbocycles. The second-order valence-electron chi connectivity index (χ2n) is 8.53. The summed E-state index contributed by atoms with van der Waals surface area (Å²) in [7, 11) is 2.83. The average molecular weight is 494 g/mol. The molecule has 0 fully saturated rings. The van der Waals surface area contributed by atoms with Crippen LogP contribution in [0, 0.1) is 5.92 Å². The van der Waals surface area contributed by atoms with Crippen molar-refractivity contribution in [1.29, 1.82) is 0 Å². The molecule has 5 rings (SSSR count). The Bertz CT molecular complexity index is 1540. The number of carbonyl (C=O) groups is 2. The van der Waals surface area contributed by atoms with Gasteiger partial charge in [-0.3, -0.25) is 19.0 Å². The minimum atomic E-state index is -0.828. The number of nitrogens with zero attached hydrogens (tertiary/aromatic N) is 2. The van der Waals surface area contributed by atoms with Crippen LogP contribution in [-0.2, 0) is 19.9 Å². The van der Waals surface area contributed by atoms with Crippen molar-refractivity contribution in [1.82, 2.24) is 4.57 Å². The molecule has 3 atom stereocenters. The summed E-state index contributed by atoms with van der Waals surface area (Å²) in [5.74, 6) is -0.874. The van der Waals surface area contributed by atoms with Gasteiger partial charge in [0.2, 0.25) is 0 Å². The number of thiazole rings is 1. The Morgan fingerprint density at radius 1 is 1.20 bits per heavy atom. The van der Waals surface area contributed by atoms with Gasteiger partial charge in [-0.2, -0.15) is 0 Å². The molecule has 0 spiro atoms. The fourth-order valence-electron chi connectivity index (χ4n) is 4.98. The third-order valence-corrected chi connectivity index (χ3v) is 7.48. The topological polar surface area (TPSA) is 122 Å². The Hall–Kier alpha value is -3.92. The van der Waals surface area contributed by atoms with E-state index in [4.69, 9.17) is 24.9 Å². The molecule has 2 aromatic carbocycles. The first-order chi connectivity index (χ1) is 16.8. The molecule has 2 heterocycles. The number of aromatic nitrogens is 1. The van der Waals surface area contributed by atoms with Gasteiger partial charge in [0.1, 0.15) is 11.5 Å². The lowest BCUT2D eigenvalue weighted by atomic mass is 9.84. The highest BCUT2D eigenvalue weighted by atomic mass is 32.1. The van der Waals surface area contributed by atoms with Crippen molar-refractivity contribution in [3.63, 3.8) is 0 Å².